The minimum Gasteiger partial charge on any atom is -0.481 e. The van der Waals surface area contributed by atoms with Crippen molar-refractivity contribution in [3.63, 3.8) is 0 Å². The summed E-state index contributed by atoms with van der Waals surface area (Å²) in [6.07, 6.45) is 4.86. The number of nitrogens with zero attached hydrogens (tertiary/aromatic N) is 2. The quantitative estimate of drug-likeness (QED) is 0.840. The molecular formula is C11H14N2O3. The number of rotatable bonds is 3. The van der Waals surface area contributed by atoms with Crippen molar-refractivity contribution in [2.45, 2.75) is 38.0 Å². The minimum absolute atomic E-state index is 0.173. The molecule has 2 aliphatic carbocycles. The van der Waals surface area contributed by atoms with Gasteiger partial charge < -0.3 is 9.63 Å². The molecule has 3 atom stereocenters. The lowest BCUT2D eigenvalue weighted by atomic mass is 9.88. The second-order valence-corrected chi connectivity index (χ2v) is 4.90. The highest BCUT2D eigenvalue weighted by Gasteiger charge is 2.42. The smallest absolute Gasteiger partial charge is 0.312 e. The third-order valence-corrected chi connectivity index (χ3v) is 3.86. The molecule has 3 unspecified atom stereocenters. The van der Waals surface area contributed by atoms with Crippen LogP contribution in [0.4, 0.5) is 0 Å². The second kappa shape index (κ2) is 3.57. The molecule has 2 saturated carbocycles. The molecule has 0 amide bonds. The largest absolute Gasteiger partial charge is 0.481 e. The molecule has 5 heteroatoms. The van der Waals surface area contributed by atoms with Crippen molar-refractivity contribution in [3.05, 3.63) is 11.7 Å². The van der Waals surface area contributed by atoms with E-state index in [-0.39, 0.29) is 12.3 Å². The van der Waals surface area contributed by atoms with E-state index in [0.29, 0.717) is 11.8 Å². The van der Waals surface area contributed by atoms with Crippen LogP contribution in [-0.2, 0) is 11.2 Å². The van der Waals surface area contributed by atoms with Gasteiger partial charge in [0.1, 0.15) is 6.42 Å². The van der Waals surface area contributed by atoms with Gasteiger partial charge in [0.25, 0.3) is 0 Å². The number of fused-ring (bicyclic) bond motifs is 2. The third kappa shape index (κ3) is 1.60. The SMILES string of the molecule is O=C(O)Cc1nc(C2CC3CCC2C3)no1. The fourth-order valence-electron chi connectivity index (χ4n) is 3.18. The van der Waals surface area contributed by atoms with Crippen molar-refractivity contribution in [1.82, 2.24) is 10.1 Å². The molecule has 86 valence electrons. The molecule has 0 aromatic carbocycles. The van der Waals surface area contributed by atoms with Gasteiger partial charge >= 0.3 is 5.97 Å². The Bertz CT molecular complexity index is 415. The average Bonchev–Trinajstić information content (AvgIpc) is 2.89. The summed E-state index contributed by atoms with van der Waals surface area (Å²) in [5, 5.41) is 12.5. The monoisotopic (exact) mass is 222 g/mol. The fraction of sp³-hybridized carbons (Fsp3) is 0.727. The Morgan fingerprint density at radius 2 is 2.31 bits per heavy atom. The molecule has 16 heavy (non-hydrogen) atoms. The van der Waals surface area contributed by atoms with Gasteiger partial charge in [0.15, 0.2) is 5.82 Å². The standard InChI is InChI=1S/C11H14N2O3/c14-10(15)5-9-12-11(13-16-9)8-4-6-1-2-7(8)3-6/h6-8H,1-5H2,(H,14,15). The number of aliphatic carboxylic acids is 1. The van der Waals surface area contributed by atoms with Crippen molar-refractivity contribution in [2.24, 2.45) is 11.8 Å². The van der Waals surface area contributed by atoms with Crippen molar-refractivity contribution in [3.8, 4) is 0 Å². The molecule has 1 N–H and O–H groups in total. The Hall–Kier alpha value is -1.39. The number of hydrogen-bond donors (Lipinski definition) is 1. The molecule has 1 heterocycles. The summed E-state index contributed by atoms with van der Waals surface area (Å²) in [5.41, 5.74) is 0. The first-order valence-corrected chi connectivity index (χ1v) is 5.76. The van der Waals surface area contributed by atoms with Crippen LogP contribution in [0.3, 0.4) is 0 Å². The van der Waals surface area contributed by atoms with Crippen LogP contribution in [0.25, 0.3) is 0 Å². The lowest BCUT2D eigenvalue weighted by Gasteiger charge is -2.17. The molecule has 2 aliphatic rings. The van der Waals surface area contributed by atoms with E-state index in [1.54, 1.807) is 0 Å². The Kier molecular flexibility index (Phi) is 2.19. The van der Waals surface area contributed by atoms with Gasteiger partial charge in [0.05, 0.1) is 0 Å². The first-order chi connectivity index (χ1) is 7.72. The second-order valence-electron chi connectivity index (χ2n) is 4.90. The molecule has 1 aromatic heterocycles. The predicted molar refractivity (Wildman–Crippen MR) is 53.8 cm³/mol. The zero-order valence-corrected chi connectivity index (χ0v) is 8.93. The van der Waals surface area contributed by atoms with Gasteiger partial charge in [-0.3, -0.25) is 4.79 Å². The molecule has 0 aliphatic heterocycles. The van der Waals surface area contributed by atoms with Gasteiger partial charge in [0, 0.05) is 5.92 Å². The maximum absolute atomic E-state index is 10.5. The Morgan fingerprint density at radius 3 is 2.94 bits per heavy atom. The zero-order valence-electron chi connectivity index (χ0n) is 8.93. The Balaban J connectivity index is 1.75. The number of carbonyl (C=O) groups is 1. The van der Waals surface area contributed by atoms with Gasteiger partial charge in [-0.1, -0.05) is 11.6 Å². The topological polar surface area (TPSA) is 76.2 Å². The van der Waals surface area contributed by atoms with E-state index < -0.39 is 5.97 Å². The van der Waals surface area contributed by atoms with Crippen LogP contribution >= 0.6 is 0 Å². The summed E-state index contributed by atoms with van der Waals surface area (Å²) >= 11 is 0. The highest BCUT2D eigenvalue weighted by molar-refractivity contribution is 5.68. The van der Waals surface area contributed by atoms with Crippen LogP contribution in [0.2, 0.25) is 0 Å². The molecule has 1 aromatic rings. The fourth-order valence-corrected chi connectivity index (χ4v) is 3.18. The highest BCUT2D eigenvalue weighted by Crippen LogP contribution is 2.52. The lowest BCUT2D eigenvalue weighted by Crippen LogP contribution is -2.10. The maximum atomic E-state index is 10.5. The molecule has 0 saturated heterocycles. The maximum Gasteiger partial charge on any atom is 0.312 e. The number of hydrogen-bond acceptors (Lipinski definition) is 4. The molecule has 0 radical (unpaired) electrons. The van der Waals surface area contributed by atoms with E-state index in [0.717, 1.165) is 18.2 Å². The molecule has 2 fully saturated rings. The number of carboxylic acids is 1. The molecular weight excluding hydrogens is 208 g/mol. The lowest BCUT2D eigenvalue weighted by molar-refractivity contribution is -0.136. The van der Waals surface area contributed by atoms with Gasteiger partial charge in [-0.05, 0) is 31.1 Å². The van der Waals surface area contributed by atoms with Crippen molar-refractivity contribution >= 4 is 5.97 Å². The third-order valence-electron chi connectivity index (χ3n) is 3.86. The summed E-state index contributed by atoms with van der Waals surface area (Å²) in [5.74, 6) is 1.96. The van der Waals surface area contributed by atoms with E-state index in [1.165, 1.54) is 19.3 Å². The highest BCUT2D eigenvalue weighted by atomic mass is 16.5. The van der Waals surface area contributed by atoms with Gasteiger partial charge in [-0.2, -0.15) is 4.98 Å². The van der Waals surface area contributed by atoms with Gasteiger partial charge in [0.2, 0.25) is 5.89 Å². The summed E-state index contributed by atoms with van der Waals surface area (Å²) < 4.78 is 4.95. The van der Waals surface area contributed by atoms with Crippen molar-refractivity contribution < 1.29 is 14.4 Å². The number of carboxylic acid groups (broad SMARTS) is 1. The van der Waals surface area contributed by atoms with Crippen LogP contribution < -0.4 is 0 Å². The summed E-state index contributed by atoms with van der Waals surface area (Å²) in [7, 11) is 0. The van der Waals surface area contributed by atoms with E-state index >= 15 is 0 Å². The summed E-state index contributed by atoms with van der Waals surface area (Å²) in [4.78, 5) is 14.7. The zero-order chi connectivity index (χ0) is 11.1. The molecule has 5 nitrogen and oxygen atoms in total. The van der Waals surface area contributed by atoms with Gasteiger partial charge in [-0.25, -0.2) is 0 Å². The van der Waals surface area contributed by atoms with E-state index in [1.807, 2.05) is 0 Å². The Morgan fingerprint density at radius 1 is 1.44 bits per heavy atom. The predicted octanol–water partition coefficient (Wildman–Crippen LogP) is 1.60. The minimum atomic E-state index is -0.928. The number of aromatic nitrogens is 2. The van der Waals surface area contributed by atoms with Crippen LogP contribution in [0, 0.1) is 11.8 Å². The first-order valence-electron chi connectivity index (χ1n) is 5.76. The van der Waals surface area contributed by atoms with E-state index in [2.05, 4.69) is 10.1 Å². The van der Waals surface area contributed by atoms with Crippen molar-refractivity contribution in [1.29, 1.82) is 0 Å². The molecule has 3 rings (SSSR count). The van der Waals surface area contributed by atoms with Crippen LogP contribution in [0.5, 0.6) is 0 Å². The first kappa shape index (κ1) is 9.81. The normalized spacial score (nSPS) is 32.1. The average molecular weight is 222 g/mol. The van der Waals surface area contributed by atoms with E-state index in [4.69, 9.17) is 9.63 Å². The van der Waals surface area contributed by atoms with Gasteiger partial charge in [-0.15, -0.1) is 0 Å². The molecule has 2 bridgehead atoms. The van der Waals surface area contributed by atoms with Crippen LogP contribution in [0.1, 0.15) is 43.3 Å². The summed E-state index contributed by atoms with van der Waals surface area (Å²) in [6, 6.07) is 0. The van der Waals surface area contributed by atoms with Crippen LogP contribution in [-0.4, -0.2) is 21.2 Å². The van der Waals surface area contributed by atoms with E-state index in [9.17, 15) is 4.79 Å². The Labute approximate surface area is 92.8 Å². The van der Waals surface area contributed by atoms with Crippen LogP contribution in [0.15, 0.2) is 4.52 Å². The van der Waals surface area contributed by atoms with Crippen molar-refractivity contribution in [2.75, 3.05) is 0 Å². The summed E-state index contributed by atoms with van der Waals surface area (Å²) in [6.45, 7) is 0. The molecule has 0 spiro atoms.